The molecule has 3 nitrogen and oxygen atoms in total. The molecule has 2 aromatic heterocycles. The maximum atomic E-state index is 9.22. The molecule has 0 aliphatic rings. The summed E-state index contributed by atoms with van der Waals surface area (Å²) in [5.74, 6) is 0. The third-order valence-corrected chi connectivity index (χ3v) is 1.60. The molecule has 11 heavy (non-hydrogen) atoms. The van der Waals surface area contributed by atoms with Gasteiger partial charge >= 0.3 is 0 Å². The number of aromatic nitrogens is 2. The lowest BCUT2D eigenvalue weighted by Crippen LogP contribution is -1.90. The topological polar surface area (TPSA) is 41.0 Å². The van der Waals surface area contributed by atoms with Crippen LogP contribution >= 0.6 is 0 Å². The molecule has 0 atom stereocenters. The summed E-state index contributed by atoms with van der Waals surface area (Å²) in [4.78, 5) is 3.00. The Morgan fingerprint density at radius 2 is 2.18 bits per heavy atom. The zero-order chi connectivity index (χ0) is 7.68. The summed E-state index contributed by atoms with van der Waals surface area (Å²) in [6.45, 7) is 0. The highest BCUT2D eigenvalue weighted by Gasteiger charge is 2.01. The lowest BCUT2D eigenvalue weighted by Gasteiger charge is -1.96. The Morgan fingerprint density at radius 1 is 1.27 bits per heavy atom. The fourth-order valence-corrected chi connectivity index (χ4v) is 1.08. The van der Waals surface area contributed by atoms with Crippen molar-refractivity contribution in [1.29, 1.82) is 0 Å². The van der Waals surface area contributed by atoms with Gasteiger partial charge in [0.15, 0.2) is 0 Å². The maximum absolute atomic E-state index is 9.22. The van der Waals surface area contributed by atoms with E-state index in [-0.39, 0.29) is 0 Å². The Morgan fingerprint density at radius 3 is 2.73 bits per heavy atom. The maximum Gasteiger partial charge on any atom is 0.103 e. The molecule has 2 aromatic rings. The molecular weight excluding hydrogens is 140 g/mol. The zero-order valence-electron chi connectivity index (χ0n) is 5.86. The minimum atomic E-state index is 0.773. The minimum absolute atomic E-state index is 0.773. The Kier molecular flexibility index (Phi) is 1.22. The van der Waals surface area contributed by atoms with Crippen LogP contribution in [0.2, 0.25) is 0 Å². The SMILES string of the molecule is On1cccc1-c1ccc[nH]1. The highest BCUT2D eigenvalue weighted by atomic mass is 16.5. The Bertz CT molecular complexity index is 335. The zero-order valence-corrected chi connectivity index (χ0v) is 5.86. The third kappa shape index (κ3) is 0.902. The molecular formula is C8H8N2O. The van der Waals surface area contributed by atoms with Crippen LogP contribution in [0.4, 0.5) is 0 Å². The predicted octanol–water partition coefficient (Wildman–Crippen LogP) is 1.72. The molecule has 2 heterocycles. The van der Waals surface area contributed by atoms with E-state index in [0.717, 1.165) is 16.1 Å². The number of H-pyrrole nitrogens is 1. The normalized spacial score (nSPS) is 10.2. The van der Waals surface area contributed by atoms with E-state index in [1.807, 2.05) is 24.4 Å². The van der Waals surface area contributed by atoms with E-state index in [9.17, 15) is 5.21 Å². The summed E-state index contributed by atoms with van der Waals surface area (Å²) in [5, 5.41) is 9.22. The van der Waals surface area contributed by atoms with Gasteiger partial charge in [0, 0.05) is 12.4 Å². The second-order valence-electron chi connectivity index (χ2n) is 2.32. The quantitative estimate of drug-likeness (QED) is 0.594. The average Bonchev–Trinajstić information content (AvgIpc) is 2.55. The van der Waals surface area contributed by atoms with Gasteiger partial charge in [0.05, 0.1) is 5.69 Å². The fraction of sp³-hybridized carbons (Fsp3) is 0. The van der Waals surface area contributed by atoms with Crippen LogP contribution in [0, 0.1) is 0 Å². The molecule has 0 spiro atoms. The fourth-order valence-electron chi connectivity index (χ4n) is 1.08. The van der Waals surface area contributed by atoms with Crippen molar-refractivity contribution in [3.63, 3.8) is 0 Å². The second kappa shape index (κ2) is 2.20. The molecule has 0 bridgehead atoms. The van der Waals surface area contributed by atoms with Gasteiger partial charge in [-0.2, -0.15) is 4.73 Å². The summed E-state index contributed by atoms with van der Waals surface area (Å²) in [6, 6.07) is 7.42. The molecule has 2 rings (SSSR count). The number of nitrogens with one attached hydrogen (secondary N) is 1. The molecule has 0 aliphatic heterocycles. The van der Waals surface area contributed by atoms with Crippen LogP contribution in [-0.2, 0) is 0 Å². The van der Waals surface area contributed by atoms with Crippen LogP contribution in [0.5, 0.6) is 0 Å². The summed E-state index contributed by atoms with van der Waals surface area (Å²) in [5.41, 5.74) is 1.69. The molecule has 0 fully saturated rings. The highest BCUT2D eigenvalue weighted by Crippen LogP contribution is 2.15. The van der Waals surface area contributed by atoms with Gasteiger partial charge in [-0.1, -0.05) is 0 Å². The number of hydrogen-bond acceptors (Lipinski definition) is 1. The molecule has 0 saturated heterocycles. The van der Waals surface area contributed by atoms with Crippen molar-refractivity contribution in [2.24, 2.45) is 0 Å². The smallest absolute Gasteiger partial charge is 0.103 e. The van der Waals surface area contributed by atoms with Crippen molar-refractivity contribution in [3.05, 3.63) is 36.7 Å². The van der Waals surface area contributed by atoms with Crippen molar-refractivity contribution in [2.45, 2.75) is 0 Å². The molecule has 0 aliphatic carbocycles. The molecule has 0 saturated carbocycles. The Balaban J connectivity index is 2.53. The Labute approximate surface area is 63.9 Å². The van der Waals surface area contributed by atoms with Crippen molar-refractivity contribution < 1.29 is 5.21 Å². The van der Waals surface area contributed by atoms with Crippen LogP contribution in [0.1, 0.15) is 0 Å². The van der Waals surface area contributed by atoms with E-state index in [1.165, 1.54) is 0 Å². The molecule has 56 valence electrons. The lowest BCUT2D eigenvalue weighted by molar-refractivity contribution is 0.192. The molecule has 0 unspecified atom stereocenters. The molecule has 0 aromatic carbocycles. The summed E-state index contributed by atoms with van der Waals surface area (Å²) >= 11 is 0. The summed E-state index contributed by atoms with van der Waals surface area (Å²) < 4.78 is 1.09. The van der Waals surface area contributed by atoms with Crippen LogP contribution in [0.15, 0.2) is 36.7 Å². The monoisotopic (exact) mass is 148 g/mol. The lowest BCUT2D eigenvalue weighted by atomic mass is 10.3. The van der Waals surface area contributed by atoms with Crippen LogP contribution < -0.4 is 0 Å². The van der Waals surface area contributed by atoms with Gasteiger partial charge < -0.3 is 10.2 Å². The molecule has 0 radical (unpaired) electrons. The van der Waals surface area contributed by atoms with Crippen molar-refractivity contribution in [2.75, 3.05) is 0 Å². The van der Waals surface area contributed by atoms with E-state index in [2.05, 4.69) is 4.98 Å². The van der Waals surface area contributed by atoms with Gasteiger partial charge in [-0.05, 0) is 24.3 Å². The van der Waals surface area contributed by atoms with Gasteiger partial charge in [-0.3, -0.25) is 0 Å². The minimum Gasteiger partial charge on any atom is -0.428 e. The van der Waals surface area contributed by atoms with Crippen LogP contribution in [-0.4, -0.2) is 14.9 Å². The van der Waals surface area contributed by atoms with Gasteiger partial charge in [-0.15, -0.1) is 0 Å². The summed E-state index contributed by atoms with van der Waals surface area (Å²) in [7, 11) is 0. The van der Waals surface area contributed by atoms with Crippen molar-refractivity contribution in [1.82, 2.24) is 9.71 Å². The van der Waals surface area contributed by atoms with Gasteiger partial charge in [0.2, 0.25) is 0 Å². The van der Waals surface area contributed by atoms with E-state index in [1.54, 1.807) is 12.3 Å². The number of aromatic amines is 1. The Hall–Kier alpha value is -1.64. The largest absolute Gasteiger partial charge is 0.428 e. The third-order valence-electron chi connectivity index (χ3n) is 1.60. The standard InChI is InChI=1S/C8H8N2O/c11-10-6-2-4-8(10)7-3-1-5-9-7/h1-6,9,11H. The number of hydrogen-bond donors (Lipinski definition) is 2. The first-order valence-corrected chi connectivity index (χ1v) is 3.38. The number of nitrogens with zero attached hydrogens (tertiary/aromatic N) is 1. The van der Waals surface area contributed by atoms with Crippen LogP contribution in [0.3, 0.4) is 0 Å². The van der Waals surface area contributed by atoms with Gasteiger partial charge in [0.1, 0.15) is 5.69 Å². The van der Waals surface area contributed by atoms with E-state index < -0.39 is 0 Å². The number of rotatable bonds is 1. The molecule has 2 N–H and O–H groups in total. The van der Waals surface area contributed by atoms with Crippen molar-refractivity contribution >= 4 is 0 Å². The van der Waals surface area contributed by atoms with E-state index in [4.69, 9.17) is 0 Å². The molecule has 0 amide bonds. The van der Waals surface area contributed by atoms with E-state index >= 15 is 0 Å². The highest BCUT2D eigenvalue weighted by molar-refractivity contribution is 5.54. The predicted molar refractivity (Wildman–Crippen MR) is 41.4 cm³/mol. The van der Waals surface area contributed by atoms with Gasteiger partial charge in [-0.25, -0.2) is 0 Å². The second-order valence-corrected chi connectivity index (χ2v) is 2.32. The first-order chi connectivity index (χ1) is 5.38. The van der Waals surface area contributed by atoms with Gasteiger partial charge in [0.25, 0.3) is 0 Å². The van der Waals surface area contributed by atoms with Crippen LogP contribution in [0.25, 0.3) is 11.4 Å². The molecule has 3 heteroatoms. The van der Waals surface area contributed by atoms with Crippen molar-refractivity contribution in [3.8, 4) is 11.4 Å². The summed E-state index contributed by atoms with van der Waals surface area (Å²) in [6.07, 6.45) is 3.42. The first-order valence-electron chi connectivity index (χ1n) is 3.38. The first kappa shape index (κ1) is 6.09. The average molecular weight is 148 g/mol. The van der Waals surface area contributed by atoms with E-state index in [0.29, 0.717) is 0 Å².